The van der Waals surface area contributed by atoms with Crippen LogP contribution in [0.15, 0.2) is 36.4 Å². The third kappa shape index (κ3) is 3.28. The third-order valence-corrected chi connectivity index (χ3v) is 3.96. The van der Waals surface area contributed by atoms with E-state index in [0.717, 1.165) is 10.5 Å². The number of nitrogens with one attached hydrogen (secondary N) is 1. The van der Waals surface area contributed by atoms with Gasteiger partial charge in [0.1, 0.15) is 13.2 Å². The van der Waals surface area contributed by atoms with E-state index in [0.29, 0.717) is 47.5 Å². The number of hydrogen-bond donors (Lipinski definition) is 1. The number of imide groups is 1. The minimum Gasteiger partial charge on any atom is -0.486 e. The number of urea groups is 1. The fraction of sp³-hybridized carbons (Fsp3) is 0.176. The molecule has 0 spiro atoms. The van der Waals surface area contributed by atoms with Gasteiger partial charge >= 0.3 is 6.03 Å². The second-order valence-electron chi connectivity index (χ2n) is 5.20. The van der Waals surface area contributed by atoms with Gasteiger partial charge in [-0.2, -0.15) is 0 Å². The van der Waals surface area contributed by atoms with Gasteiger partial charge in [-0.1, -0.05) is 17.7 Å². The van der Waals surface area contributed by atoms with Crippen LogP contribution in [0.25, 0.3) is 0 Å². The SMILES string of the molecule is Cc1ccc(NC(=O)N(C=O)c2ccc3c(c2)OCCO3)cc1Cl. The number of amides is 3. The number of fused-ring (bicyclic) bond motifs is 1. The highest BCUT2D eigenvalue weighted by atomic mass is 35.5. The minimum atomic E-state index is -0.596. The Labute approximate surface area is 143 Å². The predicted molar refractivity (Wildman–Crippen MR) is 91.2 cm³/mol. The van der Waals surface area contributed by atoms with Crippen molar-refractivity contribution in [2.45, 2.75) is 6.92 Å². The van der Waals surface area contributed by atoms with Crippen LogP contribution in [0.3, 0.4) is 0 Å². The topological polar surface area (TPSA) is 67.9 Å². The zero-order valence-corrected chi connectivity index (χ0v) is 13.7. The van der Waals surface area contributed by atoms with E-state index in [1.54, 1.807) is 36.4 Å². The first kappa shape index (κ1) is 16.1. The first-order valence-corrected chi connectivity index (χ1v) is 7.67. The Morgan fingerprint density at radius 2 is 1.92 bits per heavy atom. The fourth-order valence-electron chi connectivity index (χ4n) is 2.26. The van der Waals surface area contributed by atoms with Crippen molar-refractivity contribution in [3.05, 3.63) is 47.0 Å². The van der Waals surface area contributed by atoms with Crippen molar-refractivity contribution in [1.29, 1.82) is 0 Å². The Hall–Kier alpha value is -2.73. The van der Waals surface area contributed by atoms with Crippen LogP contribution in [0, 0.1) is 6.92 Å². The molecule has 0 unspecified atom stereocenters. The molecule has 2 aromatic rings. The zero-order valence-electron chi connectivity index (χ0n) is 12.9. The van der Waals surface area contributed by atoms with E-state index >= 15 is 0 Å². The summed E-state index contributed by atoms with van der Waals surface area (Å²) in [6, 6.07) is 9.40. The number of hydrogen-bond acceptors (Lipinski definition) is 4. The lowest BCUT2D eigenvalue weighted by Crippen LogP contribution is -2.33. The molecule has 0 bridgehead atoms. The zero-order chi connectivity index (χ0) is 17.1. The first-order valence-electron chi connectivity index (χ1n) is 7.30. The van der Waals surface area contributed by atoms with Gasteiger partial charge in [-0.15, -0.1) is 0 Å². The van der Waals surface area contributed by atoms with E-state index in [9.17, 15) is 9.59 Å². The molecule has 0 saturated carbocycles. The predicted octanol–water partition coefficient (Wildman–Crippen LogP) is 3.61. The average molecular weight is 347 g/mol. The van der Waals surface area contributed by atoms with Crippen molar-refractivity contribution in [1.82, 2.24) is 0 Å². The number of carbonyl (C=O) groups excluding carboxylic acids is 2. The number of aryl methyl sites for hydroxylation is 1. The molecule has 124 valence electrons. The van der Waals surface area contributed by atoms with Gasteiger partial charge in [-0.25, -0.2) is 9.69 Å². The van der Waals surface area contributed by atoms with E-state index in [2.05, 4.69) is 5.32 Å². The molecule has 0 radical (unpaired) electrons. The smallest absolute Gasteiger partial charge is 0.332 e. The lowest BCUT2D eigenvalue weighted by Gasteiger charge is -2.21. The molecule has 1 N–H and O–H groups in total. The van der Waals surface area contributed by atoms with Gasteiger partial charge in [-0.3, -0.25) is 4.79 Å². The summed E-state index contributed by atoms with van der Waals surface area (Å²) in [6.07, 6.45) is 0.441. The maximum absolute atomic E-state index is 12.4. The van der Waals surface area contributed by atoms with Gasteiger partial charge in [0.15, 0.2) is 11.5 Å². The number of anilines is 2. The van der Waals surface area contributed by atoms with Gasteiger partial charge in [0.2, 0.25) is 6.41 Å². The van der Waals surface area contributed by atoms with Crippen molar-refractivity contribution in [3.63, 3.8) is 0 Å². The van der Waals surface area contributed by atoms with Crippen molar-refractivity contribution < 1.29 is 19.1 Å². The molecular formula is C17H15ClN2O4. The van der Waals surface area contributed by atoms with Crippen LogP contribution >= 0.6 is 11.6 Å². The lowest BCUT2D eigenvalue weighted by molar-refractivity contribution is -0.106. The maximum atomic E-state index is 12.4. The Bertz CT molecular complexity index is 794. The monoisotopic (exact) mass is 346 g/mol. The number of rotatable bonds is 3. The molecule has 1 aliphatic rings. The van der Waals surface area contributed by atoms with E-state index < -0.39 is 6.03 Å². The molecule has 0 saturated heterocycles. The number of benzene rings is 2. The largest absolute Gasteiger partial charge is 0.486 e. The maximum Gasteiger partial charge on any atom is 0.332 e. The highest BCUT2D eigenvalue weighted by Gasteiger charge is 2.19. The normalized spacial score (nSPS) is 12.4. The van der Waals surface area contributed by atoms with Crippen LogP contribution < -0.4 is 19.7 Å². The highest BCUT2D eigenvalue weighted by molar-refractivity contribution is 6.31. The molecule has 2 aromatic carbocycles. The fourth-order valence-corrected chi connectivity index (χ4v) is 2.44. The molecule has 0 fully saturated rings. The Morgan fingerprint density at radius 1 is 1.17 bits per heavy atom. The molecule has 3 rings (SSSR count). The third-order valence-electron chi connectivity index (χ3n) is 3.55. The van der Waals surface area contributed by atoms with Crippen molar-refractivity contribution in [3.8, 4) is 11.5 Å². The second-order valence-corrected chi connectivity index (χ2v) is 5.60. The quantitative estimate of drug-likeness (QED) is 0.862. The summed E-state index contributed by atoms with van der Waals surface area (Å²) in [5, 5.41) is 3.17. The van der Waals surface area contributed by atoms with Crippen LogP contribution in [-0.2, 0) is 4.79 Å². The summed E-state index contributed by atoms with van der Waals surface area (Å²) in [4.78, 5) is 24.7. The molecular weight excluding hydrogens is 332 g/mol. The number of ether oxygens (including phenoxy) is 2. The van der Waals surface area contributed by atoms with Crippen LogP contribution in [0.5, 0.6) is 11.5 Å². The van der Waals surface area contributed by atoms with Gasteiger partial charge in [-0.05, 0) is 36.8 Å². The van der Waals surface area contributed by atoms with E-state index in [4.69, 9.17) is 21.1 Å². The number of nitrogens with zero attached hydrogens (tertiary/aromatic N) is 1. The summed E-state index contributed by atoms with van der Waals surface area (Å²) in [5.41, 5.74) is 1.78. The van der Waals surface area contributed by atoms with Crippen molar-refractivity contribution in [2.75, 3.05) is 23.4 Å². The van der Waals surface area contributed by atoms with Gasteiger partial charge in [0, 0.05) is 16.8 Å². The second kappa shape index (κ2) is 6.80. The lowest BCUT2D eigenvalue weighted by atomic mass is 10.2. The van der Waals surface area contributed by atoms with Crippen molar-refractivity contribution in [2.24, 2.45) is 0 Å². The van der Waals surface area contributed by atoms with Crippen LogP contribution in [-0.4, -0.2) is 25.7 Å². The van der Waals surface area contributed by atoms with E-state index in [1.165, 1.54) is 0 Å². The Morgan fingerprint density at radius 3 is 2.62 bits per heavy atom. The van der Waals surface area contributed by atoms with Crippen LogP contribution in [0.2, 0.25) is 5.02 Å². The summed E-state index contributed by atoms with van der Waals surface area (Å²) in [5.74, 6) is 1.08. The number of halogens is 1. The molecule has 0 aliphatic carbocycles. The van der Waals surface area contributed by atoms with Crippen LogP contribution in [0.4, 0.5) is 16.2 Å². The molecule has 7 heteroatoms. The van der Waals surface area contributed by atoms with Crippen molar-refractivity contribution >= 4 is 35.4 Å². The van der Waals surface area contributed by atoms with Gasteiger partial charge < -0.3 is 14.8 Å². The Kier molecular flexibility index (Phi) is 4.57. The van der Waals surface area contributed by atoms with E-state index in [-0.39, 0.29) is 0 Å². The molecule has 3 amide bonds. The summed E-state index contributed by atoms with van der Waals surface area (Å²) in [6.45, 7) is 2.75. The summed E-state index contributed by atoms with van der Waals surface area (Å²) in [7, 11) is 0. The molecule has 1 heterocycles. The van der Waals surface area contributed by atoms with Gasteiger partial charge in [0.25, 0.3) is 0 Å². The standard InChI is InChI=1S/C17H15ClN2O4/c1-11-2-3-12(8-14(11)18)19-17(22)20(10-21)13-4-5-15-16(9-13)24-7-6-23-15/h2-5,8-10H,6-7H2,1H3,(H,19,22). The Balaban J connectivity index is 1.81. The molecule has 1 aliphatic heterocycles. The summed E-state index contributed by atoms with van der Waals surface area (Å²) < 4.78 is 10.9. The molecule has 24 heavy (non-hydrogen) atoms. The van der Waals surface area contributed by atoms with E-state index in [1.807, 2.05) is 6.92 Å². The molecule has 0 aromatic heterocycles. The average Bonchev–Trinajstić information content (AvgIpc) is 2.59. The first-order chi connectivity index (χ1) is 11.6. The van der Waals surface area contributed by atoms with Gasteiger partial charge in [0.05, 0.1) is 5.69 Å². The highest BCUT2D eigenvalue weighted by Crippen LogP contribution is 2.34. The molecule has 6 nitrogen and oxygen atoms in total. The molecule has 0 atom stereocenters. The minimum absolute atomic E-state index is 0.380. The summed E-state index contributed by atoms with van der Waals surface area (Å²) >= 11 is 6.04. The number of carbonyl (C=O) groups is 2. The van der Waals surface area contributed by atoms with Crippen LogP contribution in [0.1, 0.15) is 5.56 Å².